The Morgan fingerprint density at radius 1 is 1.24 bits per heavy atom. The van der Waals surface area contributed by atoms with Crippen LogP contribution in [0.4, 0.5) is 4.79 Å². The van der Waals surface area contributed by atoms with E-state index >= 15 is 0 Å². The van der Waals surface area contributed by atoms with Gasteiger partial charge in [0.05, 0.1) is 12.9 Å². The fourth-order valence-electron chi connectivity index (χ4n) is 2.59. The molecular weight excluding hydrogens is 328 g/mol. The van der Waals surface area contributed by atoms with E-state index in [1.807, 2.05) is 0 Å². The van der Waals surface area contributed by atoms with Crippen LogP contribution in [0.5, 0.6) is 0 Å². The van der Waals surface area contributed by atoms with E-state index in [9.17, 15) is 9.59 Å². The lowest BCUT2D eigenvalue weighted by Gasteiger charge is -2.34. The number of furan rings is 1. The lowest BCUT2D eigenvalue weighted by molar-refractivity contribution is -0.132. The Labute approximate surface area is 144 Å². The molecule has 2 aromatic heterocycles. The molecule has 0 radical (unpaired) electrons. The zero-order valence-corrected chi connectivity index (χ0v) is 14.0. The number of aromatic nitrogens is 2. The van der Waals surface area contributed by atoms with E-state index in [1.165, 1.54) is 6.26 Å². The second-order valence-corrected chi connectivity index (χ2v) is 5.56. The summed E-state index contributed by atoms with van der Waals surface area (Å²) in [5.74, 6) is 1.29. The van der Waals surface area contributed by atoms with Crippen LogP contribution < -0.4 is 0 Å². The van der Waals surface area contributed by atoms with E-state index < -0.39 is 0 Å². The summed E-state index contributed by atoms with van der Waals surface area (Å²) in [6.07, 6.45) is 1.85. The van der Waals surface area contributed by atoms with Gasteiger partial charge in [0.1, 0.15) is 0 Å². The van der Waals surface area contributed by atoms with E-state index in [4.69, 9.17) is 13.7 Å². The molecule has 0 bridgehead atoms. The molecule has 3 heterocycles. The fraction of sp³-hybridized carbons (Fsp3) is 0.500. The quantitative estimate of drug-likeness (QED) is 0.808. The lowest BCUT2D eigenvalue weighted by atomic mass is 10.2. The molecule has 0 spiro atoms. The van der Waals surface area contributed by atoms with Gasteiger partial charge in [-0.2, -0.15) is 4.98 Å². The van der Waals surface area contributed by atoms with Crippen LogP contribution in [-0.4, -0.2) is 64.7 Å². The zero-order chi connectivity index (χ0) is 17.6. The van der Waals surface area contributed by atoms with Gasteiger partial charge in [-0.25, -0.2) is 4.79 Å². The Hall–Kier alpha value is -2.84. The van der Waals surface area contributed by atoms with Gasteiger partial charge in [-0.1, -0.05) is 5.16 Å². The Morgan fingerprint density at radius 3 is 2.68 bits per heavy atom. The fourth-order valence-corrected chi connectivity index (χ4v) is 2.59. The second-order valence-electron chi connectivity index (χ2n) is 5.56. The van der Waals surface area contributed by atoms with Gasteiger partial charge in [-0.3, -0.25) is 4.79 Å². The summed E-state index contributed by atoms with van der Waals surface area (Å²) in [4.78, 5) is 31.5. The van der Waals surface area contributed by atoms with Crippen LogP contribution in [0, 0.1) is 0 Å². The molecule has 25 heavy (non-hydrogen) atoms. The molecule has 2 aromatic rings. The third kappa shape index (κ3) is 4.17. The summed E-state index contributed by atoms with van der Waals surface area (Å²) >= 11 is 0. The third-order valence-electron chi connectivity index (χ3n) is 3.92. The van der Waals surface area contributed by atoms with Crippen LogP contribution >= 0.6 is 0 Å². The van der Waals surface area contributed by atoms with Crippen LogP contribution in [0.3, 0.4) is 0 Å². The first-order chi connectivity index (χ1) is 12.2. The molecule has 0 atom stereocenters. The van der Waals surface area contributed by atoms with Gasteiger partial charge >= 0.3 is 6.09 Å². The highest BCUT2D eigenvalue weighted by Gasteiger charge is 2.25. The van der Waals surface area contributed by atoms with Gasteiger partial charge < -0.3 is 23.5 Å². The molecular formula is C16H20N4O5. The molecule has 1 saturated heterocycles. The number of ether oxygens (including phenoxy) is 1. The maximum absolute atomic E-state index is 12.3. The number of nitrogens with zero attached hydrogens (tertiary/aromatic N) is 4. The molecule has 0 N–H and O–H groups in total. The van der Waals surface area contributed by atoms with Crippen molar-refractivity contribution in [3.8, 4) is 11.6 Å². The lowest BCUT2D eigenvalue weighted by Crippen LogP contribution is -2.50. The Morgan fingerprint density at radius 2 is 2.00 bits per heavy atom. The van der Waals surface area contributed by atoms with E-state index in [2.05, 4.69) is 10.1 Å². The van der Waals surface area contributed by atoms with Gasteiger partial charge in [-0.15, -0.1) is 0 Å². The molecule has 9 nitrogen and oxygen atoms in total. The number of amides is 2. The second kappa shape index (κ2) is 7.82. The molecule has 1 aliphatic heterocycles. The minimum Gasteiger partial charge on any atom is -0.461 e. The van der Waals surface area contributed by atoms with E-state index in [1.54, 1.807) is 28.9 Å². The third-order valence-corrected chi connectivity index (χ3v) is 3.92. The van der Waals surface area contributed by atoms with Crippen molar-refractivity contribution in [2.45, 2.75) is 19.8 Å². The highest BCUT2D eigenvalue weighted by atomic mass is 16.6. The largest absolute Gasteiger partial charge is 0.461 e. The Bertz CT molecular complexity index is 704. The molecule has 1 aliphatic rings. The minimum absolute atomic E-state index is 0.00116. The van der Waals surface area contributed by atoms with Crippen molar-refractivity contribution in [2.75, 3.05) is 32.8 Å². The van der Waals surface area contributed by atoms with Crippen LogP contribution in [0.2, 0.25) is 0 Å². The maximum atomic E-state index is 12.3. The maximum Gasteiger partial charge on any atom is 0.409 e. The van der Waals surface area contributed by atoms with E-state index in [0.29, 0.717) is 56.7 Å². The summed E-state index contributed by atoms with van der Waals surface area (Å²) < 4.78 is 15.3. The number of hydrogen-bond acceptors (Lipinski definition) is 7. The molecule has 0 saturated carbocycles. The molecule has 2 amide bonds. The summed E-state index contributed by atoms with van der Waals surface area (Å²) in [6.45, 7) is 4.08. The van der Waals surface area contributed by atoms with E-state index in [-0.39, 0.29) is 18.4 Å². The summed E-state index contributed by atoms with van der Waals surface area (Å²) in [5.41, 5.74) is 0. The monoisotopic (exact) mass is 348 g/mol. The first-order valence-corrected chi connectivity index (χ1v) is 8.23. The summed E-state index contributed by atoms with van der Waals surface area (Å²) in [7, 11) is 0. The van der Waals surface area contributed by atoms with Gasteiger partial charge in [0.25, 0.3) is 0 Å². The van der Waals surface area contributed by atoms with Gasteiger partial charge in [-0.05, 0) is 19.1 Å². The number of carbonyl (C=O) groups is 2. The number of rotatable bonds is 5. The zero-order valence-electron chi connectivity index (χ0n) is 14.0. The average Bonchev–Trinajstić information content (AvgIpc) is 3.31. The number of carbonyl (C=O) groups excluding carboxylic acids is 2. The van der Waals surface area contributed by atoms with Gasteiger partial charge in [0.2, 0.25) is 17.6 Å². The van der Waals surface area contributed by atoms with Crippen molar-refractivity contribution >= 4 is 12.0 Å². The van der Waals surface area contributed by atoms with Crippen molar-refractivity contribution in [2.24, 2.45) is 0 Å². The smallest absolute Gasteiger partial charge is 0.409 e. The molecule has 0 unspecified atom stereocenters. The molecule has 9 heteroatoms. The van der Waals surface area contributed by atoms with Gasteiger partial charge in [0.15, 0.2) is 5.76 Å². The first-order valence-electron chi connectivity index (χ1n) is 8.23. The number of piperazine rings is 1. The first kappa shape index (κ1) is 17.0. The van der Waals surface area contributed by atoms with Crippen LogP contribution in [0.1, 0.15) is 19.2 Å². The van der Waals surface area contributed by atoms with E-state index in [0.717, 1.165) is 0 Å². The minimum atomic E-state index is -0.328. The summed E-state index contributed by atoms with van der Waals surface area (Å²) in [6, 6.07) is 3.48. The highest BCUT2D eigenvalue weighted by molar-refractivity contribution is 5.77. The molecule has 134 valence electrons. The van der Waals surface area contributed by atoms with Crippen molar-refractivity contribution in [1.82, 2.24) is 19.9 Å². The molecule has 0 aliphatic carbocycles. The number of hydrogen-bond donors (Lipinski definition) is 0. The summed E-state index contributed by atoms with van der Waals surface area (Å²) in [5, 5.41) is 3.83. The van der Waals surface area contributed by atoms with Crippen molar-refractivity contribution in [3.05, 3.63) is 24.3 Å². The average molecular weight is 348 g/mol. The van der Waals surface area contributed by atoms with Crippen LogP contribution in [0.25, 0.3) is 11.6 Å². The molecule has 1 fully saturated rings. The predicted octanol–water partition coefficient (Wildman–Crippen LogP) is 1.56. The predicted molar refractivity (Wildman–Crippen MR) is 85.5 cm³/mol. The normalized spacial score (nSPS) is 14.6. The standard InChI is InChI=1S/C16H20N4O5/c1-2-23-16(22)20-9-7-19(8-10-20)14(21)6-5-13-17-15(18-25-13)12-4-3-11-24-12/h3-4,11H,2,5-10H2,1H3. The van der Waals surface area contributed by atoms with Crippen molar-refractivity contribution < 1.29 is 23.3 Å². The van der Waals surface area contributed by atoms with Crippen molar-refractivity contribution in [3.63, 3.8) is 0 Å². The molecule has 3 rings (SSSR count). The van der Waals surface area contributed by atoms with Crippen LogP contribution in [0.15, 0.2) is 27.3 Å². The molecule has 0 aromatic carbocycles. The Kier molecular flexibility index (Phi) is 5.32. The SMILES string of the molecule is CCOC(=O)N1CCN(C(=O)CCc2nc(-c3ccco3)no2)CC1. The van der Waals surface area contributed by atoms with Crippen LogP contribution in [-0.2, 0) is 16.0 Å². The highest BCUT2D eigenvalue weighted by Crippen LogP contribution is 2.16. The van der Waals surface area contributed by atoms with Gasteiger partial charge in [0, 0.05) is 39.0 Å². The topological polar surface area (TPSA) is 102 Å². The Balaban J connectivity index is 1.45. The number of aryl methyl sites for hydroxylation is 1. The van der Waals surface area contributed by atoms with Crippen molar-refractivity contribution in [1.29, 1.82) is 0 Å².